The lowest BCUT2D eigenvalue weighted by Gasteiger charge is -2.25. The second-order valence-electron chi connectivity index (χ2n) is 5.26. The average Bonchev–Trinajstić information content (AvgIpc) is 2.96. The summed E-state index contributed by atoms with van der Waals surface area (Å²) in [6.45, 7) is 1.68. The molecule has 5 nitrogen and oxygen atoms in total. The topological polar surface area (TPSA) is 50.8 Å². The van der Waals surface area contributed by atoms with Crippen LogP contribution in [0.5, 0.6) is 11.5 Å². The van der Waals surface area contributed by atoms with Gasteiger partial charge in [0.05, 0.1) is 20.6 Å². The standard InChI is InChI=1S/C16H24N2O3.ClH/c1-17-11-12-6-5-9-18(12)16(19)10-13-14(20-2)7-4-8-15(13)21-3;/h4,7-8,12,17H,5-6,9-11H2,1-3H3;1H. The highest BCUT2D eigenvalue weighted by Crippen LogP contribution is 2.30. The summed E-state index contributed by atoms with van der Waals surface area (Å²) < 4.78 is 10.7. The van der Waals surface area contributed by atoms with Crippen molar-refractivity contribution in [3.8, 4) is 11.5 Å². The number of amides is 1. The number of ether oxygens (including phenoxy) is 2. The van der Waals surface area contributed by atoms with Gasteiger partial charge in [0.1, 0.15) is 11.5 Å². The van der Waals surface area contributed by atoms with Gasteiger partial charge in [-0.3, -0.25) is 4.79 Å². The summed E-state index contributed by atoms with van der Waals surface area (Å²) in [6.07, 6.45) is 2.45. The number of rotatable bonds is 6. The van der Waals surface area contributed by atoms with Gasteiger partial charge in [-0.15, -0.1) is 12.4 Å². The lowest BCUT2D eigenvalue weighted by atomic mass is 10.1. The van der Waals surface area contributed by atoms with E-state index >= 15 is 0 Å². The van der Waals surface area contributed by atoms with E-state index in [4.69, 9.17) is 9.47 Å². The number of halogens is 1. The first-order chi connectivity index (χ1) is 10.2. The Labute approximate surface area is 138 Å². The molecule has 1 atom stereocenters. The number of likely N-dealkylation sites (N-methyl/N-ethyl adjacent to an activating group) is 1. The molecule has 1 unspecified atom stereocenters. The second kappa shape index (κ2) is 8.86. The van der Waals surface area contributed by atoms with Crippen LogP contribution in [0.15, 0.2) is 18.2 Å². The molecule has 0 saturated carbocycles. The minimum atomic E-state index is 0. The minimum Gasteiger partial charge on any atom is -0.496 e. The van der Waals surface area contributed by atoms with Crippen LogP contribution < -0.4 is 14.8 Å². The molecule has 124 valence electrons. The van der Waals surface area contributed by atoms with Crippen molar-refractivity contribution in [3.05, 3.63) is 23.8 Å². The lowest BCUT2D eigenvalue weighted by Crippen LogP contribution is -2.41. The van der Waals surface area contributed by atoms with Crippen LogP contribution >= 0.6 is 12.4 Å². The molecule has 1 aromatic carbocycles. The van der Waals surface area contributed by atoms with Gasteiger partial charge in [-0.25, -0.2) is 0 Å². The van der Waals surface area contributed by atoms with E-state index in [-0.39, 0.29) is 18.3 Å². The maximum Gasteiger partial charge on any atom is 0.227 e. The molecule has 1 N–H and O–H groups in total. The van der Waals surface area contributed by atoms with Crippen LogP contribution in [0.25, 0.3) is 0 Å². The fraction of sp³-hybridized carbons (Fsp3) is 0.562. The second-order valence-corrected chi connectivity index (χ2v) is 5.26. The third-order valence-corrected chi connectivity index (χ3v) is 4.00. The molecule has 6 heteroatoms. The van der Waals surface area contributed by atoms with E-state index in [1.54, 1.807) is 14.2 Å². The molecular weight excluding hydrogens is 304 g/mol. The average molecular weight is 329 g/mol. The molecule has 1 aliphatic rings. The smallest absolute Gasteiger partial charge is 0.227 e. The van der Waals surface area contributed by atoms with Crippen molar-refractivity contribution in [2.75, 3.05) is 34.4 Å². The van der Waals surface area contributed by atoms with Gasteiger partial charge in [-0.05, 0) is 32.0 Å². The molecule has 0 aromatic heterocycles. The van der Waals surface area contributed by atoms with Crippen LogP contribution in [0.2, 0.25) is 0 Å². The van der Waals surface area contributed by atoms with Crippen LogP contribution in [-0.2, 0) is 11.2 Å². The van der Waals surface area contributed by atoms with Crippen molar-refractivity contribution < 1.29 is 14.3 Å². The Bertz CT molecular complexity index is 474. The molecule has 0 aliphatic carbocycles. The van der Waals surface area contributed by atoms with E-state index in [1.165, 1.54) is 0 Å². The molecule has 0 radical (unpaired) electrons. The summed E-state index contributed by atoms with van der Waals surface area (Å²) in [5, 5.41) is 3.16. The Kier molecular flexibility index (Phi) is 7.48. The Morgan fingerprint density at radius 1 is 1.32 bits per heavy atom. The maximum atomic E-state index is 12.6. The Balaban J connectivity index is 0.00000242. The summed E-state index contributed by atoms with van der Waals surface area (Å²) in [4.78, 5) is 14.6. The van der Waals surface area contributed by atoms with Crippen molar-refractivity contribution in [3.63, 3.8) is 0 Å². The van der Waals surface area contributed by atoms with E-state index in [0.29, 0.717) is 24.0 Å². The van der Waals surface area contributed by atoms with Crippen LogP contribution in [0.4, 0.5) is 0 Å². The largest absolute Gasteiger partial charge is 0.496 e. The van der Waals surface area contributed by atoms with E-state index in [9.17, 15) is 4.79 Å². The zero-order valence-electron chi connectivity index (χ0n) is 13.4. The molecule has 0 spiro atoms. The third-order valence-electron chi connectivity index (χ3n) is 4.00. The first kappa shape index (κ1) is 18.6. The van der Waals surface area contributed by atoms with Gasteiger partial charge >= 0.3 is 0 Å². The van der Waals surface area contributed by atoms with Gasteiger partial charge in [-0.2, -0.15) is 0 Å². The first-order valence-electron chi connectivity index (χ1n) is 7.35. The van der Waals surface area contributed by atoms with Crippen LogP contribution in [0.3, 0.4) is 0 Å². The van der Waals surface area contributed by atoms with Gasteiger partial charge in [0.15, 0.2) is 0 Å². The van der Waals surface area contributed by atoms with Crippen molar-refractivity contribution >= 4 is 18.3 Å². The normalized spacial score (nSPS) is 17.0. The summed E-state index contributed by atoms with van der Waals surface area (Å²) in [5.41, 5.74) is 0.822. The molecule has 22 heavy (non-hydrogen) atoms. The molecule has 1 saturated heterocycles. The number of carbonyl (C=O) groups is 1. The Hall–Kier alpha value is -1.46. The number of benzene rings is 1. The molecule has 1 heterocycles. The van der Waals surface area contributed by atoms with Crippen LogP contribution in [-0.4, -0.2) is 51.2 Å². The molecular formula is C16H25ClN2O3. The van der Waals surface area contributed by atoms with Gasteiger partial charge < -0.3 is 19.7 Å². The fourth-order valence-corrected chi connectivity index (χ4v) is 2.97. The minimum absolute atomic E-state index is 0. The van der Waals surface area contributed by atoms with Crippen molar-refractivity contribution in [1.82, 2.24) is 10.2 Å². The maximum absolute atomic E-state index is 12.6. The molecule has 1 aromatic rings. The van der Waals surface area contributed by atoms with Gasteiger partial charge in [-0.1, -0.05) is 6.07 Å². The van der Waals surface area contributed by atoms with Gasteiger partial charge in [0, 0.05) is 24.7 Å². The quantitative estimate of drug-likeness (QED) is 0.866. The predicted molar refractivity (Wildman–Crippen MR) is 89.2 cm³/mol. The van der Waals surface area contributed by atoms with Crippen LogP contribution in [0, 0.1) is 0 Å². The molecule has 1 amide bonds. The summed E-state index contributed by atoms with van der Waals surface area (Å²) >= 11 is 0. The Morgan fingerprint density at radius 2 is 1.95 bits per heavy atom. The van der Waals surface area contributed by atoms with Crippen LogP contribution in [0.1, 0.15) is 18.4 Å². The van der Waals surface area contributed by atoms with Crippen molar-refractivity contribution in [1.29, 1.82) is 0 Å². The van der Waals surface area contributed by atoms with E-state index in [1.807, 2.05) is 30.1 Å². The number of likely N-dealkylation sites (tertiary alicyclic amines) is 1. The third kappa shape index (κ3) is 4.05. The number of hydrogen-bond donors (Lipinski definition) is 1. The number of nitrogens with one attached hydrogen (secondary N) is 1. The number of hydrogen-bond acceptors (Lipinski definition) is 4. The number of carbonyl (C=O) groups excluding carboxylic acids is 1. The summed E-state index contributed by atoms with van der Waals surface area (Å²) in [5.74, 6) is 1.54. The Morgan fingerprint density at radius 3 is 2.50 bits per heavy atom. The molecule has 2 rings (SSSR count). The zero-order chi connectivity index (χ0) is 15.2. The SMILES string of the molecule is CNCC1CCCN1C(=O)Cc1c(OC)cccc1OC.Cl. The van der Waals surface area contributed by atoms with E-state index in [2.05, 4.69) is 5.32 Å². The number of nitrogens with zero attached hydrogens (tertiary/aromatic N) is 1. The highest BCUT2D eigenvalue weighted by Gasteiger charge is 2.29. The van der Waals surface area contributed by atoms with Crippen molar-refractivity contribution in [2.45, 2.75) is 25.3 Å². The van der Waals surface area contributed by atoms with Crippen molar-refractivity contribution in [2.24, 2.45) is 0 Å². The highest BCUT2D eigenvalue weighted by molar-refractivity contribution is 5.85. The molecule has 0 bridgehead atoms. The number of methoxy groups -OCH3 is 2. The molecule has 1 fully saturated rings. The van der Waals surface area contributed by atoms with E-state index < -0.39 is 0 Å². The molecule has 1 aliphatic heterocycles. The van der Waals surface area contributed by atoms with Gasteiger partial charge in [0.25, 0.3) is 0 Å². The lowest BCUT2D eigenvalue weighted by molar-refractivity contribution is -0.131. The summed E-state index contributed by atoms with van der Waals surface area (Å²) in [6, 6.07) is 5.88. The van der Waals surface area contributed by atoms with E-state index in [0.717, 1.165) is 31.5 Å². The highest BCUT2D eigenvalue weighted by atomic mass is 35.5. The van der Waals surface area contributed by atoms with Gasteiger partial charge in [0.2, 0.25) is 5.91 Å². The monoisotopic (exact) mass is 328 g/mol. The summed E-state index contributed by atoms with van der Waals surface area (Å²) in [7, 11) is 5.15. The first-order valence-corrected chi connectivity index (χ1v) is 7.35. The fourth-order valence-electron chi connectivity index (χ4n) is 2.97. The predicted octanol–water partition coefficient (Wildman–Crippen LogP) is 1.88. The zero-order valence-corrected chi connectivity index (χ0v) is 14.2.